The van der Waals surface area contributed by atoms with Crippen LogP contribution in [-0.2, 0) is 11.3 Å². The van der Waals surface area contributed by atoms with Crippen LogP contribution in [0.4, 0.5) is 0 Å². The molecule has 0 radical (unpaired) electrons. The quantitative estimate of drug-likeness (QED) is 0.858. The zero-order chi connectivity index (χ0) is 15.2. The van der Waals surface area contributed by atoms with Crippen molar-refractivity contribution < 1.29 is 4.79 Å². The minimum atomic E-state index is -0.0663. The zero-order valence-corrected chi connectivity index (χ0v) is 12.7. The van der Waals surface area contributed by atoms with Crippen molar-refractivity contribution >= 4 is 11.5 Å². The van der Waals surface area contributed by atoms with Gasteiger partial charge in [0.05, 0.1) is 6.33 Å². The lowest BCUT2D eigenvalue weighted by Gasteiger charge is -2.13. The number of aromatic nitrogens is 2. The lowest BCUT2D eigenvalue weighted by Crippen LogP contribution is -2.34. The Morgan fingerprint density at radius 2 is 2.19 bits per heavy atom. The molecule has 1 aromatic heterocycles. The van der Waals surface area contributed by atoms with Crippen molar-refractivity contribution in [2.75, 3.05) is 0 Å². The minimum Gasteiger partial charge on any atom is -0.348 e. The third-order valence-corrected chi connectivity index (χ3v) is 3.35. The number of imidazole rings is 1. The predicted molar refractivity (Wildman–Crippen MR) is 84.7 cm³/mol. The van der Waals surface area contributed by atoms with Gasteiger partial charge in [-0.3, -0.25) is 4.79 Å². The maximum absolute atomic E-state index is 12.1. The Bertz CT molecular complexity index is 629. The number of carbonyl (C=O) groups excluding carboxylic acids is 1. The van der Waals surface area contributed by atoms with Crippen LogP contribution in [0.3, 0.4) is 0 Å². The van der Waals surface area contributed by atoms with Crippen LogP contribution in [-0.4, -0.2) is 21.5 Å². The van der Waals surface area contributed by atoms with Gasteiger partial charge in [-0.15, -0.1) is 0 Å². The number of nitrogens with one attached hydrogen (secondary N) is 1. The zero-order valence-electron chi connectivity index (χ0n) is 12.7. The molecule has 1 N–H and O–H groups in total. The first-order valence-corrected chi connectivity index (χ1v) is 7.07. The molecule has 0 aliphatic rings. The first kappa shape index (κ1) is 15.0. The second-order valence-electron chi connectivity index (χ2n) is 5.31. The average Bonchev–Trinajstić information content (AvgIpc) is 2.91. The molecule has 2 aromatic rings. The molecule has 0 fully saturated rings. The van der Waals surface area contributed by atoms with Crippen LogP contribution in [0.1, 0.15) is 25.0 Å². The van der Waals surface area contributed by atoms with E-state index in [9.17, 15) is 4.79 Å². The summed E-state index contributed by atoms with van der Waals surface area (Å²) in [5.41, 5.74) is 3.25. The molecular weight excluding hydrogens is 262 g/mol. The normalized spacial score (nSPS) is 13.0. The number of nitrogens with zero attached hydrogens (tertiary/aromatic N) is 2. The van der Waals surface area contributed by atoms with Crippen LogP contribution in [0.15, 0.2) is 49.1 Å². The molecule has 0 saturated carbocycles. The number of carbonyl (C=O) groups is 1. The van der Waals surface area contributed by atoms with E-state index in [-0.39, 0.29) is 11.9 Å². The monoisotopic (exact) mass is 283 g/mol. The van der Waals surface area contributed by atoms with Crippen LogP contribution in [0.5, 0.6) is 0 Å². The van der Waals surface area contributed by atoms with E-state index >= 15 is 0 Å². The number of hydrogen-bond acceptors (Lipinski definition) is 2. The summed E-state index contributed by atoms with van der Waals surface area (Å²) in [6.45, 7) is 6.70. The Morgan fingerprint density at radius 1 is 1.43 bits per heavy atom. The summed E-state index contributed by atoms with van der Waals surface area (Å²) in [7, 11) is 0. The summed E-state index contributed by atoms with van der Waals surface area (Å²) in [6, 6.07) is 8.11. The molecular formula is C17H21N3O. The highest BCUT2D eigenvalue weighted by Crippen LogP contribution is 2.17. The largest absolute Gasteiger partial charge is 0.348 e. The maximum Gasteiger partial charge on any atom is 0.244 e. The fraction of sp³-hybridized carbons (Fsp3) is 0.294. The highest BCUT2D eigenvalue weighted by Gasteiger charge is 2.07. The summed E-state index contributed by atoms with van der Waals surface area (Å²) >= 11 is 0. The Hall–Kier alpha value is -2.36. The highest BCUT2D eigenvalue weighted by molar-refractivity contribution is 5.95. The van der Waals surface area contributed by atoms with Gasteiger partial charge >= 0.3 is 0 Å². The summed E-state index contributed by atoms with van der Waals surface area (Å²) in [4.78, 5) is 16.1. The van der Waals surface area contributed by atoms with E-state index in [1.54, 1.807) is 18.6 Å². The second-order valence-corrected chi connectivity index (χ2v) is 5.31. The molecule has 0 aliphatic heterocycles. The lowest BCUT2D eigenvalue weighted by atomic mass is 10.0. The summed E-state index contributed by atoms with van der Waals surface area (Å²) in [5.74, 6) is -0.0663. The van der Waals surface area contributed by atoms with E-state index in [0.29, 0.717) is 6.54 Å². The van der Waals surface area contributed by atoms with Crippen molar-refractivity contribution in [1.82, 2.24) is 14.9 Å². The van der Waals surface area contributed by atoms with Crippen molar-refractivity contribution in [3.8, 4) is 0 Å². The van der Waals surface area contributed by atoms with Crippen molar-refractivity contribution in [1.29, 1.82) is 0 Å². The number of amides is 1. The number of aryl methyl sites for hydroxylation is 1. The number of rotatable bonds is 5. The molecule has 0 aliphatic carbocycles. The van der Waals surface area contributed by atoms with Gasteiger partial charge in [-0.2, -0.15) is 0 Å². The van der Waals surface area contributed by atoms with Gasteiger partial charge in [0.2, 0.25) is 5.91 Å². The van der Waals surface area contributed by atoms with Crippen LogP contribution in [0.25, 0.3) is 5.57 Å². The van der Waals surface area contributed by atoms with Crippen molar-refractivity contribution in [2.24, 2.45) is 0 Å². The van der Waals surface area contributed by atoms with Crippen molar-refractivity contribution in [3.05, 3.63) is 60.2 Å². The van der Waals surface area contributed by atoms with E-state index < -0.39 is 0 Å². The van der Waals surface area contributed by atoms with Gasteiger partial charge in [0.25, 0.3) is 0 Å². The number of allylic oxidation sites excluding steroid dienone is 1. The van der Waals surface area contributed by atoms with Gasteiger partial charge in [-0.25, -0.2) is 4.98 Å². The van der Waals surface area contributed by atoms with Gasteiger partial charge in [-0.1, -0.05) is 24.3 Å². The number of benzene rings is 1. The first-order chi connectivity index (χ1) is 10.1. The molecule has 1 unspecified atom stereocenters. The lowest BCUT2D eigenvalue weighted by molar-refractivity contribution is -0.117. The smallest absolute Gasteiger partial charge is 0.244 e. The second kappa shape index (κ2) is 6.88. The first-order valence-electron chi connectivity index (χ1n) is 7.07. The highest BCUT2D eigenvalue weighted by atomic mass is 16.1. The standard InChI is InChI=1S/C17H21N3O/c1-13-6-4-5-7-16(13)14(2)10-17(21)19-15(3)11-20-9-8-18-12-20/h4-10,12,15H,11H2,1-3H3,(H,19,21)/b14-10+. The van der Waals surface area contributed by atoms with E-state index in [2.05, 4.69) is 10.3 Å². The van der Waals surface area contributed by atoms with Crippen molar-refractivity contribution in [2.45, 2.75) is 33.4 Å². The maximum atomic E-state index is 12.1. The van der Waals surface area contributed by atoms with Gasteiger partial charge in [-0.05, 0) is 37.5 Å². The predicted octanol–water partition coefficient (Wildman–Crippen LogP) is 2.80. The Morgan fingerprint density at radius 3 is 2.86 bits per heavy atom. The summed E-state index contributed by atoms with van der Waals surface area (Å²) in [6.07, 6.45) is 7.03. The molecule has 2 rings (SSSR count). The van der Waals surface area contributed by atoms with Crippen LogP contribution in [0.2, 0.25) is 0 Å². The van der Waals surface area contributed by atoms with Crippen molar-refractivity contribution in [3.63, 3.8) is 0 Å². The molecule has 0 bridgehead atoms. The molecule has 0 saturated heterocycles. The molecule has 4 nitrogen and oxygen atoms in total. The van der Waals surface area contributed by atoms with Gasteiger partial charge in [0, 0.05) is 31.1 Å². The third kappa shape index (κ3) is 4.31. The van der Waals surface area contributed by atoms with Gasteiger partial charge < -0.3 is 9.88 Å². The van der Waals surface area contributed by atoms with Crippen LogP contribution < -0.4 is 5.32 Å². The summed E-state index contributed by atoms with van der Waals surface area (Å²) in [5, 5.41) is 2.97. The fourth-order valence-corrected chi connectivity index (χ4v) is 2.33. The SMILES string of the molecule is C/C(=C\C(=O)NC(C)Cn1ccnc1)c1ccccc1C. The Balaban J connectivity index is 1.97. The fourth-order valence-electron chi connectivity index (χ4n) is 2.33. The van der Waals surface area contributed by atoms with E-state index in [1.807, 2.05) is 55.8 Å². The van der Waals surface area contributed by atoms with Gasteiger partial charge in [0.15, 0.2) is 0 Å². The van der Waals surface area contributed by atoms with E-state index in [1.165, 1.54) is 5.56 Å². The Labute approximate surface area is 125 Å². The summed E-state index contributed by atoms with van der Waals surface area (Å²) < 4.78 is 1.95. The molecule has 21 heavy (non-hydrogen) atoms. The van der Waals surface area contributed by atoms with Gasteiger partial charge in [0.1, 0.15) is 0 Å². The molecule has 110 valence electrons. The molecule has 0 spiro atoms. The molecule has 1 amide bonds. The molecule has 4 heteroatoms. The van der Waals surface area contributed by atoms with E-state index in [4.69, 9.17) is 0 Å². The minimum absolute atomic E-state index is 0.0487. The van der Waals surface area contributed by atoms with Crippen LogP contribution >= 0.6 is 0 Å². The third-order valence-electron chi connectivity index (χ3n) is 3.35. The average molecular weight is 283 g/mol. The molecule has 1 atom stereocenters. The topological polar surface area (TPSA) is 46.9 Å². The van der Waals surface area contributed by atoms with Crippen LogP contribution in [0, 0.1) is 6.92 Å². The van der Waals surface area contributed by atoms with E-state index in [0.717, 1.165) is 11.1 Å². The molecule has 1 aromatic carbocycles. The Kier molecular flexibility index (Phi) is 4.93. The number of hydrogen-bond donors (Lipinski definition) is 1. The molecule has 1 heterocycles.